The van der Waals surface area contributed by atoms with E-state index < -0.39 is 11.4 Å². The Labute approximate surface area is 89.9 Å². The maximum Gasteiger partial charge on any atom is 0.313 e. The Bertz CT molecular complexity index is 378. The van der Waals surface area contributed by atoms with Crippen molar-refractivity contribution in [2.75, 3.05) is 0 Å². The molecule has 0 bridgehead atoms. The summed E-state index contributed by atoms with van der Waals surface area (Å²) in [5.41, 5.74) is 0.906. The molecule has 1 heterocycles. The molecule has 0 amide bonds. The number of rotatable bonds is 3. The summed E-state index contributed by atoms with van der Waals surface area (Å²) >= 11 is 0. The van der Waals surface area contributed by atoms with Gasteiger partial charge in [-0.05, 0) is 19.8 Å². The quantitative estimate of drug-likeness (QED) is 0.829. The van der Waals surface area contributed by atoms with Crippen LogP contribution in [0.1, 0.15) is 44.9 Å². The van der Waals surface area contributed by atoms with E-state index in [1.807, 2.05) is 20.9 Å². The van der Waals surface area contributed by atoms with Crippen molar-refractivity contribution in [1.29, 1.82) is 0 Å². The lowest BCUT2D eigenvalue weighted by Crippen LogP contribution is -2.29. The van der Waals surface area contributed by atoms with E-state index in [4.69, 9.17) is 0 Å². The van der Waals surface area contributed by atoms with Gasteiger partial charge in [0.25, 0.3) is 0 Å². The molecule has 0 saturated carbocycles. The molecule has 0 unspecified atom stereocenters. The Balaban J connectivity index is 3.32. The normalized spacial score (nSPS) is 12.1. The number of carboxylic acids is 1. The second-order valence-electron chi connectivity index (χ2n) is 4.65. The van der Waals surface area contributed by atoms with Gasteiger partial charge in [-0.25, -0.2) is 0 Å². The molecular weight excluding hydrogens is 192 g/mol. The van der Waals surface area contributed by atoms with Crippen molar-refractivity contribution in [2.24, 2.45) is 7.05 Å². The highest BCUT2D eigenvalue weighted by molar-refractivity contribution is 5.80. The lowest BCUT2D eigenvalue weighted by molar-refractivity contribution is -0.142. The van der Waals surface area contributed by atoms with Crippen LogP contribution in [-0.4, -0.2) is 20.9 Å². The number of nitrogens with zero attached hydrogens (tertiary/aromatic N) is 2. The van der Waals surface area contributed by atoms with Gasteiger partial charge in [-0.3, -0.25) is 9.48 Å². The molecule has 0 spiro atoms. The van der Waals surface area contributed by atoms with Crippen molar-refractivity contribution < 1.29 is 9.90 Å². The second-order valence-corrected chi connectivity index (χ2v) is 4.65. The van der Waals surface area contributed by atoms with Gasteiger partial charge in [0.1, 0.15) is 0 Å². The van der Waals surface area contributed by atoms with E-state index in [-0.39, 0.29) is 5.92 Å². The van der Waals surface area contributed by atoms with E-state index in [0.29, 0.717) is 0 Å². The van der Waals surface area contributed by atoms with Gasteiger partial charge in [0, 0.05) is 18.3 Å². The van der Waals surface area contributed by atoms with Crippen LogP contribution in [0.25, 0.3) is 0 Å². The first kappa shape index (κ1) is 11.8. The van der Waals surface area contributed by atoms with Gasteiger partial charge in [0.05, 0.1) is 11.6 Å². The number of hydrogen-bond acceptors (Lipinski definition) is 2. The summed E-state index contributed by atoms with van der Waals surface area (Å²) in [5, 5.41) is 13.3. The Kier molecular flexibility index (Phi) is 2.88. The van der Waals surface area contributed by atoms with E-state index >= 15 is 0 Å². The summed E-state index contributed by atoms with van der Waals surface area (Å²) in [6, 6.07) is 0. The fourth-order valence-electron chi connectivity index (χ4n) is 1.73. The molecule has 15 heavy (non-hydrogen) atoms. The van der Waals surface area contributed by atoms with Crippen LogP contribution in [0.3, 0.4) is 0 Å². The van der Waals surface area contributed by atoms with E-state index in [1.165, 1.54) is 0 Å². The molecule has 0 fully saturated rings. The van der Waals surface area contributed by atoms with Crippen LogP contribution < -0.4 is 0 Å². The minimum absolute atomic E-state index is 0.270. The van der Waals surface area contributed by atoms with Crippen LogP contribution in [0, 0.1) is 0 Å². The molecular formula is C11H18N2O2. The maximum atomic E-state index is 11.2. The van der Waals surface area contributed by atoms with Crippen LogP contribution in [0.15, 0.2) is 6.20 Å². The fraction of sp³-hybridized carbons (Fsp3) is 0.636. The Hall–Kier alpha value is -1.32. The average molecular weight is 210 g/mol. The monoisotopic (exact) mass is 210 g/mol. The predicted octanol–water partition coefficient (Wildman–Crippen LogP) is 1.91. The summed E-state index contributed by atoms with van der Waals surface area (Å²) < 4.78 is 1.75. The lowest BCUT2D eigenvalue weighted by atomic mass is 9.83. The SMILES string of the molecule is CC(C)c1c(C(C)(C)C(=O)O)cnn1C. The molecule has 4 heteroatoms. The minimum Gasteiger partial charge on any atom is -0.481 e. The van der Waals surface area contributed by atoms with Crippen LogP contribution in [-0.2, 0) is 17.3 Å². The number of carboxylic acid groups (broad SMARTS) is 1. The molecule has 1 N–H and O–H groups in total. The average Bonchev–Trinajstić information content (AvgIpc) is 2.47. The first-order valence-electron chi connectivity index (χ1n) is 5.04. The van der Waals surface area contributed by atoms with Gasteiger partial charge in [0.2, 0.25) is 0 Å². The minimum atomic E-state index is -0.881. The Morgan fingerprint density at radius 2 is 2.07 bits per heavy atom. The third-order valence-corrected chi connectivity index (χ3v) is 2.74. The maximum absolute atomic E-state index is 11.2. The summed E-state index contributed by atoms with van der Waals surface area (Å²) in [7, 11) is 1.84. The third-order valence-electron chi connectivity index (χ3n) is 2.74. The summed E-state index contributed by atoms with van der Waals surface area (Å²) in [6.07, 6.45) is 1.66. The van der Waals surface area contributed by atoms with Gasteiger partial charge in [-0.1, -0.05) is 13.8 Å². The smallest absolute Gasteiger partial charge is 0.313 e. The predicted molar refractivity (Wildman–Crippen MR) is 58.0 cm³/mol. The molecule has 0 saturated heterocycles. The molecule has 0 atom stereocenters. The first-order chi connectivity index (χ1) is 6.78. The highest BCUT2D eigenvalue weighted by Crippen LogP contribution is 2.30. The van der Waals surface area contributed by atoms with Crippen LogP contribution in [0.4, 0.5) is 0 Å². The topological polar surface area (TPSA) is 55.1 Å². The molecule has 0 aliphatic rings. The zero-order valence-corrected chi connectivity index (χ0v) is 9.90. The molecule has 1 aromatic heterocycles. The van der Waals surface area contributed by atoms with Crippen molar-refractivity contribution >= 4 is 5.97 Å². The number of carbonyl (C=O) groups is 1. The first-order valence-corrected chi connectivity index (χ1v) is 5.04. The second kappa shape index (κ2) is 3.68. The van der Waals surface area contributed by atoms with E-state index in [0.717, 1.165) is 11.3 Å². The fourth-order valence-corrected chi connectivity index (χ4v) is 1.73. The molecule has 1 aromatic rings. The Morgan fingerprint density at radius 3 is 2.47 bits per heavy atom. The van der Waals surface area contributed by atoms with Gasteiger partial charge in [-0.15, -0.1) is 0 Å². The lowest BCUT2D eigenvalue weighted by Gasteiger charge is -2.21. The molecule has 0 radical (unpaired) electrons. The summed E-state index contributed by atoms with van der Waals surface area (Å²) in [5.74, 6) is -0.552. The zero-order chi connectivity index (χ0) is 11.8. The van der Waals surface area contributed by atoms with Crippen molar-refractivity contribution in [3.05, 3.63) is 17.5 Å². The molecule has 1 rings (SSSR count). The van der Waals surface area contributed by atoms with Crippen molar-refractivity contribution in [3.8, 4) is 0 Å². The molecule has 0 aliphatic heterocycles. The summed E-state index contributed by atoms with van der Waals surface area (Å²) in [4.78, 5) is 11.2. The number of aromatic nitrogens is 2. The van der Waals surface area contributed by atoms with Gasteiger partial charge >= 0.3 is 5.97 Å². The largest absolute Gasteiger partial charge is 0.481 e. The van der Waals surface area contributed by atoms with Crippen LogP contribution >= 0.6 is 0 Å². The number of aliphatic carboxylic acids is 1. The standard InChI is InChI=1S/C11H18N2O2/c1-7(2)9-8(6-12-13(9)5)11(3,4)10(14)15/h6-7H,1-5H3,(H,14,15). The number of aryl methyl sites for hydroxylation is 1. The van der Waals surface area contributed by atoms with E-state index in [9.17, 15) is 9.90 Å². The zero-order valence-electron chi connectivity index (χ0n) is 9.90. The van der Waals surface area contributed by atoms with Gasteiger partial charge in [0.15, 0.2) is 0 Å². The van der Waals surface area contributed by atoms with Crippen molar-refractivity contribution in [2.45, 2.75) is 39.0 Å². The van der Waals surface area contributed by atoms with E-state index in [2.05, 4.69) is 5.10 Å². The van der Waals surface area contributed by atoms with Crippen molar-refractivity contribution in [1.82, 2.24) is 9.78 Å². The van der Waals surface area contributed by atoms with E-state index in [1.54, 1.807) is 24.7 Å². The van der Waals surface area contributed by atoms with Crippen LogP contribution in [0.5, 0.6) is 0 Å². The highest BCUT2D eigenvalue weighted by Gasteiger charge is 2.34. The molecule has 0 aromatic carbocycles. The molecule has 84 valence electrons. The summed E-state index contributed by atoms with van der Waals surface area (Å²) in [6.45, 7) is 7.49. The molecule has 0 aliphatic carbocycles. The van der Waals surface area contributed by atoms with Gasteiger partial charge in [-0.2, -0.15) is 5.10 Å². The Morgan fingerprint density at radius 1 is 1.53 bits per heavy atom. The molecule has 4 nitrogen and oxygen atoms in total. The van der Waals surface area contributed by atoms with Crippen molar-refractivity contribution in [3.63, 3.8) is 0 Å². The highest BCUT2D eigenvalue weighted by atomic mass is 16.4. The van der Waals surface area contributed by atoms with Gasteiger partial charge < -0.3 is 5.11 Å². The number of hydrogen-bond donors (Lipinski definition) is 1. The third kappa shape index (κ3) is 1.89. The van der Waals surface area contributed by atoms with Crippen LogP contribution in [0.2, 0.25) is 0 Å².